The summed E-state index contributed by atoms with van der Waals surface area (Å²) in [4.78, 5) is 51.5. The summed E-state index contributed by atoms with van der Waals surface area (Å²) in [5.74, 6) is -6.89. The SMILES string of the molecule is COc1cc(-c2nc(Cl)nc(-c3ccccc3)n2)cc2ccccc12.Fc1c(F)c(F)c(-c2ccc(-c3nc(Cl)nc(-c4ccccc4)n3)cc2)c(F)c1F.N#Cc1cc(C#N)cc(-c2nc(Cl)nc(-c3cccc4sc5c(-c6ccccc6)cccc5c34)n2)c1.[2H]c1c([2H])c([2H])c2c(-c3nc(Cl)nc(-c4ccccc4)n3)c([2H])c([2H])c([2H])c2c1[2H]. The first kappa shape index (κ1) is 67.2. The molecule has 0 aliphatic heterocycles. The number of fused-ring (bicyclic) bond motifs is 5. The molecule has 18 aromatic rings. The molecule has 0 radical (unpaired) electrons. The summed E-state index contributed by atoms with van der Waals surface area (Å²) in [5, 5.41) is 22.7. The van der Waals surface area contributed by atoms with Crippen molar-refractivity contribution < 1.29 is 36.3 Å². The van der Waals surface area contributed by atoms with Gasteiger partial charge in [0.2, 0.25) is 27.0 Å². The molecular formula is C89H49Cl4F5N14OS. The summed E-state index contributed by atoms with van der Waals surface area (Å²) in [6, 6.07) is 73.0. The molecule has 5 aromatic heterocycles. The Morgan fingerprint density at radius 1 is 0.333 bits per heavy atom. The van der Waals surface area contributed by atoms with E-state index in [-0.39, 0.29) is 60.5 Å². The number of nitriles is 2. The van der Waals surface area contributed by atoms with E-state index in [2.05, 4.69) is 103 Å². The number of rotatable bonds is 11. The minimum atomic E-state index is -2.21. The van der Waals surface area contributed by atoms with Gasteiger partial charge < -0.3 is 4.74 Å². The van der Waals surface area contributed by atoms with Crippen LogP contribution in [0.25, 0.3) is 155 Å². The second-order valence-corrected chi connectivity index (χ2v) is 26.8. The van der Waals surface area contributed by atoms with E-state index in [4.69, 9.17) is 65.7 Å². The molecule has 0 saturated heterocycles. The Morgan fingerprint density at radius 3 is 1.26 bits per heavy atom. The number of thiophene rings is 1. The maximum atomic E-state index is 14.0. The molecule has 0 fully saturated rings. The van der Waals surface area contributed by atoms with E-state index < -0.39 is 76.9 Å². The van der Waals surface area contributed by atoms with E-state index in [0.717, 1.165) is 54.2 Å². The van der Waals surface area contributed by atoms with Crippen LogP contribution in [-0.4, -0.2) is 66.9 Å². The van der Waals surface area contributed by atoms with Crippen LogP contribution in [0.1, 0.15) is 20.7 Å². The first-order chi connectivity index (χ1) is 58.5. The van der Waals surface area contributed by atoms with Crippen LogP contribution in [0, 0.1) is 51.7 Å². The number of benzene rings is 13. The Morgan fingerprint density at radius 2 is 0.737 bits per heavy atom. The molecule has 0 amide bonds. The van der Waals surface area contributed by atoms with Gasteiger partial charge in [0, 0.05) is 70.1 Å². The van der Waals surface area contributed by atoms with E-state index in [9.17, 15) is 32.5 Å². The highest BCUT2D eigenvalue weighted by atomic mass is 35.5. The first-order valence-corrected chi connectivity index (χ1v) is 36.3. The monoisotopic (exact) mass is 1600 g/mol. The zero-order chi connectivity index (χ0) is 85.0. The summed E-state index contributed by atoms with van der Waals surface area (Å²) in [6.07, 6.45) is 0. The van der Waals surface area contributed by atoms with Crippen LogP contribution >= 0.6 is 57.7 Å². The van der Waals surface area contributed by atoms with Crippen LogP contribution in [0.3, 0.4) is 0 Å². The molecule has 5 heterocycles. The van der Waals surface area contributed by atoms with Gasteiger partial charge in [-0.15, -0.1) is 11.3 Å². The van der Waals surface area contributed by atoms with Crippen LogP contribution in [0.4, 0.5) is 22.0 Å². The number of ether oxygens (including phenoxy) is 1. The van der Waals surface area contributed by atoms with Gasteiger partial charge in [-0.25, -0.2) is 41.9 Å². The summed E-state index contributed by atoms with van der Waals surface area (Å²) >= 11 is 26.3. The molecule has 114 heavy (non-hydrogen) atoms. The Labute approximate surface area is 680 Å². The highest BCUT2D eigenvalue weighted by molar-refractivity contribution is 7.26. The molecule has 0 aliphatic rings. The molecule has 0 N–H and O–H groups in total. The van der Waals surface area contributed by atoms with Crippen LogP contribution in [0.5, 0.6) is 5.75 Å². The zero-order valence-electron chi connectivity index (χ0n) is 65.5. The third-order valence-electron chi connectivity index (χ3n) is 17.3. The first-order valence-electron chi connectivity index (χ1n) is 37.5. The summed E-state index contributed by atoms with van der Waals surface area (Å²) in [6.45, 7) is 0. The zero-order valence-corrected chi connectivity index (χ0v) is 62.3. The van der Waals surface area contributed by atoms with Gasteiger partial charge in [-0.2, -0.15) is 50.4 Å². The molecule has 0 saturated carbocycles. The second-order valence-electron chi connectivity index (χ2n) is 24.4. The van der Waals surface area contributed by atoms with Crippen LogP contribution in [0.2, 0.25) is 21.1 Å². The van der Waals surface area contributed by atoms with Crippen molar-refractivity contribution in [3.8, 4) is 131 Å². The number of methoxy groups -OCH3 is 1. The second kappa shape index (κ2) is 33.8. The third-order valence-corrected chi connectivity index (χ3v) is 19.2. The van der Waals surface area contributed by atoms with Crippen LogP contribution in [-0.2, 0) is 0 Å². The topological polar surface area (TPSA) is 211 Å². The van der Waals surface area contributed by atoms with Crippen molar-refractivity contribution in [1.29, 1.82) is 10.5 Å². The van der Waals surface area contributed by atoms with Gasteiger partial charge in [0.15, 0.2) is 69.9 Å². The van der Waals surface area contributed by atoms with Crippen molar-refractivity contribution in [3.63, 3.8) is 0 Å². The number of aromatic nitrogens is 12. The fourth-order valence-electron chi connectivity index (χ4n) is 12.1. The van der Waals surface area contributed by atoms with Crippen molar-refractivity contribution in [2.24, 2.45) is 0 Å². The van der Waals surface area contributed by atoms with E-state index in [1.165, 1.54) is 40.6 Å². The molecule has 0 aliphatic carbocycles. The van der Waals surface area contributed by atoms with Crippen molar-refractivity contribution in [3.05, 3.63) is 340 Å². The van der Waals surface area contributed by atoms with E-state index in [0.29, 0.717) is 62.5 Å². The van der Waals surface area contributed by atoms with Crippen molar-refractivity contribution in [2.75, 3.05) is 7.11 Å². The predicted octanol–water partition coefficient (Wildman–Crippen LogP) is 23.9. The van der Waals surface area contributed by atoms with Gasteiger partial charge >= 0.3 is 0 Å². The number of hydrogen-bond donors (Lipinski definition) is 0. The number of halogens is 9. The Bertz CT molecular complexity index is 7160. The predicted molar refractivity (Wildman–Crippen MR) is 437 cm³/mol. The van der Waals surface area contributed by atoms with Gasteiger partial charge in [-0.1, -0.05) is 242 Å². The number of nitrogens with zero attached hydrogens (tertiary/aromatic N) is 14. The van der Waals surface area contributed by atoms with Gasteiger partial charge in [0.05, 0.1) is 45.5 Å². The van der Waals surface area contributed by atoms with Gasteiger partial charge in [0.25, 0.3) is 0 Å². The number of hydrogen-bond acceptors (Lipinski definition) is 16. The largest absolute Gasteiger partial charge is 0.496 e. The van der Waals surface area contributed by atoms with Gasteiger partial charge in [-0.05, 0) is 116 Å². The van der Waals surface area contributed by atoms with E-state index >= 15 is 0 Å². The molecule has 18 rings (SSSR count). The lowest BCUT2D eigenvalue weighted by molar-refractivity contribution is 0.381. The molecule has 0 atom stereocenters. The normalized spacial score (nSPS) is 11.7. The summed E-state index contributed by atoms with van der Waals surface area (Å²) in [5.41, 5.74) is 6.54. The maximum absolute atomic E-state index is 14.0. The van der Waals surface area contributed by atoms with Gasteiger partial charge in [0.1, 0.15) is 5.75 Å². The standard InChI is InChI=1S/C29H14ClN5S.C21H9ClF5N3.C20H14ClN3O.C19H12ClN3/c30-29-34-27(20-13-17(15-31)12-18(14-20)16-32)33-28(35-29)23-10-5-11-24-25(23)22-9-4-8-21(26(22)36-24)19-6-2-1-3-7-19;22-21-29-19(11-4-2-1-3-5-11)28-20(30-21)12-8-6-10(7-9-12)13-14(23)16(25)18(27)17(26)15(13)24;1-25-17-12-15(11-14-9-5-6-10-16(14)17)19-22-18(23-20(21)24-19)13-7-3-2-4-8-13;20-19-22-17(14-8-2-1-3-9-14)21-18(23-19)16-12-6-10-13-7-4-5-11-15(13)16/h1-14H;1-9H;2-12H,1H3;1-12H/i;;;4D,5D,6D,7D,10D,11D,12D. The highest BCUT2D eigenvalue weighted by Gasteiger charge is 2.27. The molecule has 0 unspecified atom stereocenters. The molecule has 15 nitrogen and oxygen atoms in total. The lowest BCUT2D eigenvalue weighted by Crippen LogP contribution is -2.04. The van der Waals surface area contributed by atoms with Crippen LogP contribution in [0.15, 0.2) is 279 Å². The van der Waals surface area contributed by atoms with Crippen molar-refractivity contribution in [2.45, 2.75) is 0 Å². The molecular weight excluding hydrogens is 1550 g/mol. The summed E-state index contributed by atoms with van der Waals surface area (Å²) in [7, 11) is 1.65. The third kappa shape index (κ3) is 16.4. The van der Waals surface area contributed by atoms with Crippen molar-refractivity contribution in [1.82, 2.24) is 59.8 Å². The fraction of sp³-hybridized carbons (Fsp3) is 0.0112. The van der Waals surface area contributed by atoms with Crippen molar-refractivity contribution >= 4 is 99.5 Å². The Hall–Kier alpha value is -13.8. The smallest absolute Gasteiger partial charge is 0.226 e. The highest BCUT2D eigenvalue weighted by Crippen LogP contribution is 2.44. The maximum Gasteiger partial charge on any atom is 0.226 e. The molecule has 25 heteroatoms. The lowest BCUT2D eigenvalue weighted by atomic mass is 10.0. The Balaban J connectivity index is 0.000000127. The molecule has 0 bridgehead atoms. The average molecular weight is 1610 g/mol. The minimum Gasteiger partial charge on any atom is -0.496 e. The Kier molecular flexibility index (Phi) is 19.9. The van der Waals surface area contributed by atoms with E-state index in [1.54, 1.807) is 79.1 Å². The lowest BCUT2D eigenvalue weighted by Gasteiger charge is -2.09. The van der Waals surface area contributed by atoms with Gasteiger partial charge in [-0.3, -0.25) is 0 Å². The summed E-state index contributed by atoms with van der Waals surface area (Å²) < 4.78 is 133. The quantitative estimate of drug-likeness (QED) is 0.0669. The fourth-order valence-corrected chi connectivity index (χ4v) is 14.0. The molecule has 550 valence electrons. The van der Waals surface area contributed by atoms with E-state index in [1.807, 2.05) is 109 Å². The molecule has 13 aromatic carbocycles. The minimum absolute atomic E-state index is 0.0392. The van der Waals surface area contributed by atoms with Crippen LogP contribution < -0.4 is 4.74 Å². The molecule has 0 spiro atoms. The average Bonchev–Trinajstić information content (AvgIpc) is 1.56.